The summed E-state index contributed by atoms with van der Waals surface area (Å²) in [7, 11) is 0. The van der Waals surface area contributed by atoms with Gasteiger partial charge in [-0.15, -0.1) is 0 Å². The highest BCUT2D eigenvalue weighted by Gasteiger charge is 2.21. The fourth-order valence-corrected chi connectivity index (χ4v) is 4.51. The van der Waals surface area contributed by atoms with E-state index in [1.165, 1.54) is 36.6 Å². The van der Waals surface area contributed by atoms with E-state index in [9.17, 15) is 18.7 Å². The van der Waals surface area contributed by atoms with Gasteiger partial charge in [0.25, 0.3) is 0 Å². The predicted molar refractivity (Wildman–Crippen MR) is 130 cm³/mol. The molecular weight excluding hydrogens is 508 g/mol. The fourth-order valence-electron chi connectivity index (χ4n) is 4.18. The molecule has 0 saturated heterocycles. The maximum atomic E-state index is 12.8. The van der Waals surface area contributed by atoms with E-state index in [0.717, 1.165) is 37.8 Å². The summed E-state index contributed by atoms with van der Waals surface area (Å²) in [5.41, 5.74) is 3.68. The van der Waals surface area contributed by atoms with E-state index in [4.69, 9.17) is 4.98 Å². The lowest BCUT2D eigenvalue weighted by Gasteiger charge is -2.24. The molecule has 2 N–H and O–H groups in total. The smallest absolute Gasteiger partial charge is 0.326 e. The molecule has 0 bridgehead atoms. The number of carbonyl (C=O) groups is 1. The van der Waals surface area contributed by atoms with Crippen LogP contribution in [0.5, 0.6) is 0 Å². The van der Waals surface area contributed by atoms with E-state index in [1.807, 2.05) is 4.90 Å². The van der Waals surface area contributed by atoms with Crippen LogP contribution in [0.15, 0.2) is 29.1 Å². The molecule has 0 saturated carbocycles. The van der Waals surface area contributed by atoms with Crippen LogP contribution >= 0.6 is 15.9 Å². The number of fused-ring (bicyclic) bond motifs is 1. The summed E-state index contributed by atoms with van der Waals surface area (Å²) in [4.78, 5) is 26.4. The SMILES string of the molecule is O=C(O)[C@H](CCN(CCCCc1ccc2c(n1)CCCC2)CCC(F)F)Nc1ncncc1Br. The van der Waals surface area contributed by atoms with Crippen LogP contribution in [-0.4, -0.2) is 63.0 Å². The number of nitrogens with one attached hydrogen (secondary N) is 1. The summed E-state index contributed by atoms with van der Waals surface area (Å²) in [5.74, 6) is -0.628. The molecule has 1 atom stereocenters. The molecular formula is C24H32BrF2N5O2. The third-order valence-electron chi connectivity index (χ3n) is 6.07. The number of hydrogen-bond acceptors (Lipinski definition) is 6. The summed E-state index contributed by atoms with van der Waals surface area (Å²) in [6.07, 6.45) is 7.71. The van der Waals surface area contributed by atoms with Crippen molar-refractivity contribution in [3.63, 3.8) is 0 Å². The van der Waals surface area contributed by atoms with Crippen LogP contribution in [0.1, 0.15) is 55.5 Å². The van der Waals surface area contributed by atoms with Crippen molar-refractivity contribution in [2.75, 3.05) is 25.0 Å². The van der Waals surface area contributed by atoms with E-state index in [-0.39, 0.29) is 19.4 Å². The number of carboxylic acids is 1. The van der Waals surface area contributed by atoms with Gasteiger partial charge in [0.15, 0.2) is 0 Å². The van der Waals surface area contributed by atoms with Gasteiger partial charge in [0.2, 0.25) is 6.43 Å². The summed E-state index contributed by atoms with van der Waals surface area (Å²) in [5, 5.41) is 12.5. The molecule has 0 fully saturated rings. The molecule has 2 aromatic heterocycles. The lowest BCUT2D eigenvalue weighted by Crippen LogP contribution is -2.36. The minimum Gasteiger partial charge on any atom is -0.480 e. The number of alkyl halides is 2. The van der Waals surface area contributed by atoms with Gasteiger partial charge in [-0.2, -0.15) is 0 Å². The summed E-state index contributed by atoms with van der Waals surface area (Å²) >= 11 is 3.30. The van der Waals surface area contributed by atoms with Crippen LogP contribution in [-0.2, 0) is 24.1 Å². The highest BCUT2D eigenvalue weighted by atomic mass is 79.9. The average Bonchev–Trinajstić information content (AvgIpc) is 2.82. The number of nitrogens with zero attached hydrogens (tertiary/aromatic N) is 4. The zero-order valence-corrected chi connectivity index (χ0v) is 20.8. The molecule has 0 unspecified atom stereocenters. The molecule has 34 heavy (non-hydrogen) atoms. The van der Waals surface area contributed by atoms with Crippen molar-refractivity contribution in [3.8, 4) is 0 Å². The Morgan fingerprint density at radius 3 is 2.71 bits per heavy atom. The van der Waals surface area contributed by atoms with Gasteiger partial charge in [0.05, 0.1) is 4.47 Å². The number of aryl methyl sites for hydroxylation is 3. The monoisotopic (exact) mass is 539 g/mol. The van der Waals surface area contributed by atoms with Crippen molar-refractivity contribution in [2.24, 2.45) is 0 Å². The van der Waals surface area contributed by atoms with Crippen molar-refractivity contribution in [1.82, 2.24) is 19.9 Å². The quantitative estimate of drug-likeness (QED) is 0.335. The van der Waals surface area contributed by atoms with Gasteiger partial charge < -0.3 is 15.3 Å². The zero-order chi connectivity index (χ0) is 24.3. The van der Waals surface area contributed by atoms with Gasteiger partial charge in [0, 0.05) is 37.1 Å². The van der Waals surface area contributed by atoms with Crippen molar-refractivity contribution in [3.05, 3.63) is 46.1 Å². The molecule has 0 aromatic carbocycles. The van der Waals surface area contributed by atoms with Crippen LogP contribution < -0.4 is 5.32 Å². The molecule has 186 valence electrons. The number of carboxylic acid groups (broad SMARTS) is 1. The van der Waals surface area contributed by atoms with E-state index < -0.39 is 18.4 Å². The molecule has 0 radical (unpaired) electrons. The number of unbranched alkanes of at least 4 members (excludes halogenated alkanes) is 1. The Hall–Kier alpha value is -2.20. The molecule has 3 rings (SSSR count). The van der Waals surface area contributed by atoms with Crippen molar-refractivity contribution in [2.45, 2.75) is 70.3 Å². The molecule has 1 aliphatic rings. The predicted octanol–water partition coefficient (Wildman–Crippen LogP) is 4.75. The Kier molecular flexibility index (Phi) is 10.6. The third kappa shape index (κ3) is 8.54. The second kappa shape index (κ2) is 13.6. The summed E-state index contributed by atoms with van der Waals surface area (Å²) in [6.45, 7) is 1.27. The lowest BCUT2D eigenvalue weighted by molar-refractivity contribution is -0.138. The second-order valence-corrected chi connectivity index (χ2v) is 9.49. The highest BCUT2D eigenvalue weighted by Crippen LogP contribution is 2.21. The molecule has 10 heteroatoms. The van der Waals surface area contributed by atoms with Gasteiger partial charge >= 0.3 is 5.97 Å². The Morgan fingerprint density at radius 1 is 1.15 bits per heavy atom. The van der Waals surface area contributed by atoms with E-state index in [1.54, 1.807) is 0 Å². The molecule has 0 amide bonds. The Balaban J connectivity index is 1.49. The first-order valence-corrected chi connectivity index (χ1v) is 12.6. The van der Waals surface area contributed by atoms with Crippen molar-refractivity contribution < 1.29 is 18.7 Å². The summed E-state index contributed by atoms with van der Waals surface area (Å²) < 4.78 is 26.2. The van der Waals surface area contributed by atoms with Gasteiger partial charge in [0.1, 0.15) is 18.2 Å². The minimum absolute atomic E-state index is 0.227. The maximum Gasteiger partial charge on any atom is 0.326 e. The molecule has 1 aliphatic carbocycles. The second-order valence-electron chi connectivity index (χ2n) is 8.64. The van der Waals surface area contributed by atoms with E-state index in [0.29, 0.717) is 23.4 Å². The Morgan fingerprint density at radius 2 is 1.94 bits per heavy atom. The Labute approximate surface area is 207 Å². The number of hydrogen-bond donors (Lipinski definition) is 2. The minimum atomic E-state index is -2.38. The van der Waals surface area contributed by atoms with Gasteiger partial charge in [-0.25, -0.2) is 23.5 Å². The first-order valence-electron chi connectivity index (χ1n) is 11.9. The molecule has 2 aromatic rings. The molecule has 0 aliphatic heterocycles. The zero-order valence-electron chi connectivity index (χ0n) is 19.2. The van der Waals surface area contributed by atoms with Crippen LogP contribution in [0.25, 0.3) is 0 Å². The van der Waals surface area contributed by atoms with Crippen molar-refractivity contribution in [1.29, 1.82) is 0 Å². The van der Waals surface area contributed by atoms with E-state index in [2.05, 4.69) is 43.3 Å². The molecule has 7 nitrogen and oxygen atoms in total. The van der Waals surface area contributed by atoms with Crippen LogP contribution in [0.2, 0.25) is 0 Å². The maximum absolute atomic E-state index is 12.8. The van der Waals surface area contributed by atoms with Crippen LogP contribution in [0, 0.1) is 0 Å². The standard InChI is InChI=1S/C24H32BrF2N5O2/c25-19-15-28-16-29-23(19)31-21(24(33)34)10-13-32(14-11-22(26)27)12-4-3-6-18-9-8-17-5-1-2-7-20(17)30-18/h8-9,15-16,21-22H,1-7,10-14H2,(H,33,34)(H,28,29,31)/t21-/m0/s1. The van der Waals surface area contributed by atoms with Crippen LogP contribution in [0.3, 0.4) is 0 Å². The first-order chi connectivity index (χ1) is 16.4. The van der Waals surface area contributed by atoms with Crippen molar-refractivity contribution >= 4 is 27.7 Å². The summed E-state index contributed by atoms with van der Waals surface area (Å²) in [6, 6.07) is 3.41. The third-order valence-corrected chi connectivity index (χ3v) is 6.65. The number of aliphatic carboxylic acids is 1. The van der Waals surface area contributed by atoms with E-state index >= 15 is 0 Å². The van der Waals surface area contributed by atoms with Gasteiger partial charge in [-0.05, 0) is 85.5 Å². The van der Waals surface area contributed by atoms with Crippen LogP contribution in [0.4, 0.5) is 14.6 Å². The van der Waals surface area contributed by atoms with Gasteiger partial charge in [-0.3, -0.25) is 4.98 Å². The lowest BCUT2D eigenvalue weighted by atomic mass is 9.95. The number of pyridine rings is 1. The number of aromatic nitrogens is 3. The number of rotatable bonds is 14. The topological polar surface area (TPSA) is 91.2 Å². The fraction of sp³-hybridized carbons (Fsp3) is 0.583. The Bertz CT molecular complexity index is 934. The largest absolute Gasteiger partial charge is 0.480 e. The molecule has 0 spiro atoms. The van der Waals surface area contributed by atoms with Gasteiger partial charge in [-0.1, -0.05) is 6.07 Å². The number of halogens is 3. The molecule has 2 heterocycles. The normalized spacial score (nSPS) is 14.3. The number of anilines is 1. The first kappa shape index (κ1) is 26.4. The highest BCUT2D eigenvalue weighted by molar-refractivity contribution is 9.10. The average molecular weight is 540 g/mol.